The number of hydrogen-bond donors (Lipinski definition) is 1. The zero-order chi connectivity index (χ0) is 17.3. The summed E-state index contributed by atoms with van der Waals surface area (Å²) in [5, 5.41) is 10.8. The smallest absolute Gasteiger partial charge is 0.341 e. The molecule has 1 aliphatic rings. The van der Waals surface area contributed by atoms with Crippen LogP contribution in [0.3, 0.4) is 0 Å². The number of carbonyl (C=O) groups excluding carboxylic acids is 1. The van der Waals surface area contributed by atoms with Gasteiger partial charge in [0.2, 0.25) is 0 Å². The zero-order valence-electron chi connectivity index (χ0n) is 13.8. The van der Waals surface area contributed by atoms with Gasteiger partial charge in [-0.05, 0) is 37.5 Å². The van der Waals surface area contributed by atoms with Crippen LogP contribution in [0, 0.1) is 11.7 Å². The van der Waals surface area contributed by atoms with Crippen LogP contribution < -0.4 is 4.90 Å². The Bertz CT molecular complexity index is 765. The van der Waals surface area contributed by atoms with Gasteiger partial charge in [0.05, 0.1) is 23.9 Å². The highest BCUT2D eigenvalue weighted by Crippen LogP contribution is 2.33. The maximum atomic E-state index is 13.8. The van der Waals surface area contributed by atoms with Crippen LogP contribution in [0.1, 0.15) is 30.6 Å². The predicted molar refractivity (Wildman–Crippen MR) is 89.7 cm³/mol. The van der Waals surface area contributed by atoms with Gasteiger partial charge in [0.25, 0.3) is 0 Å². The zero-order valence-corrected chi connectivity index (χ0v) is 13.8. The number of benzene rings is 1. The van der Waals surface area contributed by atoms with Crippen molar-refractivity contribution in [1.29, 1.82) is 0 Å². The van der Waals surface area contributed by atoms with Gasteiger partial charge in [-0.25, -0.2) is 9.18 Å². The summed E-state index contributed by atoms with van der Waals surface area (Å²) in [6, 6.07) is 4.31. The second-order valence-electron chi connectivity index (χ2n) is 6.18. The molecule has 2 atom stereocenters. The molecule has 1 N–H and O–H groups in total. The number of piperidine rings is 1. The molecule has 0 bridgehead atoms. The Balaban J connectivity index is 2.15. The van der Waals surface area contributed by atoms with Crippen LogP contribution in [-0.4, -0.2) is 41.9 Å². The molecule has 2 aromatic rings. The van der Waals surface area contributed by atoms with Gasteiger partial charge < -0.3 is 14.7 Å². The summed E-state index contributed by atoms with van der Waals surface area (Å²) in [7, 11) is 0. The molecular weight excluding hydrogens is 311 g/mol. The van der Waals surface area contributed by atoms with E-state index in [-0.39, 0.29) is 12.5 Å². The molecule has 128 valence electrons. The van der Waals surface area contributed by atoms with Gasteiger partial charge in [-0.15, -0.1) is 0 Å². The molecule has 0 spiro atoms. The number of aliphatic hydroxyl groups is 1. The lowest BCUT2D eigenvalue weighted by molar-refractivity contribution is 0.0525. The SMILES string of the molecule is CCOC(=O)c1cnc2ccc(F)cc2c1N1CCC(C)C(O)C1. The fourth-order valence-corrected chi connectivity index (χ4v) is 3.10. The van der Waals surface area contributed by atoms with Crippen molar-refractivity contribution in [3.63, 3.8) is 0 Å². The molecule has 5 nitrogen and oxygen atoms in total. The molecule has 24 heavy (non-hydrogen) atoms. The molecule has 3 rings (SSSR count). The predicted octanol–water partition coefficient (Wildman–Crippen LogP) is 2.76. The highest BCUT2D eigenvalue weighted by molar-refractivity contribution is 6.05. The van der Waals surface area contributed by atoms with Crippen molar-refractivity contribution in [3.05, 3.63) is 35.8 Å². The van der Waals surface area contributed by atoms with E-state index in [0.717, 1.165) is 6.42 Å². The Kier molecular flexibility index (Phi) is 4.66. The molecule has 0 amide bonds. The van der Waals surface area contributed by atoms with Gasteiger partial charge >= 0.3 is 5.97 Å². The summed E-state index contributed by atoms with van der Waals surface area (Å²) in [5.41, 5.74) is 1.49. The molecule has 0 radical (unpaired) electrons. The number of hydrogen-bond acceptors (Lipinski definition) is 5. The number of β-amino-alcohol motifs (C(OH)–C–C–N with tert-alkyl or cyclic N) is 1. The van der Waals surface area contributed by atoms with Crippen molar-refractivity contribution in [2.45, 2.75) is 26.4 Å². The third-order valence-electron chi connectivity index (χ3n) is 4.53. The summed E-state index contributed by atoms with van der Waals surface area (Å²) < 4.78 is 18.9. The van der Waals surface area contributed by atoms with Crippen molar-refractivity contribution >= 4 is 22.6 Å². The fourth-order valence-electron chi connectivity index (χ4n) is 3.10. The first-order valence-electron chi connectivity index (χ1n) is 8.19. The maximum Gasteiger partial charge on any atom is 0.341 e. The average Bonchev–Trinajstić information content (AvgIpc) is 2.56. The number of fused-ring (bicyclic) bond motifs is 1. The van der Waals surface area contributed by atoms with Crippen LogP contribution in [0.5, 0.6) is 0 Å². The number of aliphatic hydroxyl groups excluding tert-OH is 1. The van der Waals surface area contributed by atoms with Gasteiger partial charge in [0.1, 0.15) is 11.4 Å². The van der Waals surface area contributed by atoms with Crippen molar-refractivity contribution < 1.29 is 19.0 Å². The lowest BCUT2D eigenvalue weighted by Crippen LogP contribution is -2.43. The molecule has 1 aromatic carbocycles. The van der Waals surface area contributed by atoms with E-state index < -0.39 is 17.9 Å². The van der Waals surface area contributed by atoms with E-state index in [1.54, 1.807) is 13.0 Å². The number of anilines is 1. The number of carbonyl (C=O) groups is 1. The minimum atomic E-state index is -0.495. The monoisotopic (exact) mass is 332 g/mol. The fraction of sp³-hybridized carbons (Fsp3) is 0.444. The van der Waals surface area contributed by atoms with Crippen LogP contribution in [0.4, 0.5) is 10.1 Å². The third kappa shape index (κ3) is 3.06. The quantitative estimate of drug-likeness (QED) is 0.876. The Hall–Kier alpha value is -2.21. The molecule has 1 aromatic heterocycles. The number of aromatic nitrogens is 1. The molecule has 6 heteroatoms. The number of halogens is 1. The summed E-state index contributed by atoms with van der Waals surface area (Å²) in [6.45, 7) is 5.05. The highest BCUT2D eigenvalue weighted by atomic mass is 19.1. The third-order valence-corrected chi connectivity index (χ3v) is 4.53. The van der Waals surface area contributed by atoms with E-state index in [2.05, 4.69) is 4.98 Å². The van der Waals surface area contributed by atoms with Crippen molar-refractivity contribution in [2.24, 2.45) is 5.92 Å². The van der Waals surface area contributed by atoms with Crippen molar-refractivity contribution in [1.82, 2.24) is 4.98 Å². The molecule has 2 unspecified atom stereocenters. The van der Waals surface area contributed by atoms with Gasteiger partial charge in [-0.2, -0.15) is 0 Å². The first kappa shape index (κ1) is 16.6. The van der Waals surface area contributed by atoms with E-state index in [1.807, 2.05) is 11.8 Å². The summed E-state index contributed by atoms with van der Waals surface area (Å²) >= 11 is 0. The maximum absolute atomic E-state index is 13.8. The van der Waals surface area contributed by atoms with Crippen LogP contribution in [0.15, 0.2) is 24.4 Å². The summed E-state index contributed by atoms with van der Waals surface area (Å²) in [5.74, 6) is -0.686. The minimum Gasteiger partial charge on any atom is -0.462 e. The minimum absolute atomic E-state index is 0.192. The van der Waals surface area contributed by atoms with Gasteiger partial charge in [0, 0.05) is 24.7 Å². The lowest BCUT2D eigenvalue weighted by Gasteiger charge is -2.37. The molecule has 2 heterocycles. The van der Waals surface area contributed by atoms with Crippen molar-refractivity contribution in [3.8, 4) is 0 Å². The standard InChI is InChI=1S/C18H21FN2O3/c1-3-24-18(23)14-9-20-15-5-4-12(19)8-13(15)17(14)21-7-6-11(2)16(22)10-21/h4-5,8-9,11,16,22H,3,6-7,10H2,1-2H3. The first-order valence-corrected chi connectivity index (χ1v) is 8.19. The van der Waals surface area contributed by atoms with E-state index in [4.69, 9.17) is 4.74 Å². The molecular formula is C18H21FN2O3. The first-order chi connectivity index (χ1) is 11.5. The van der Waals surface area contributed by atoms with E-state index in [0.29, 0.717) is 35.2 Å². The Morgan fingerprint density at radius 3 is 3.00 bits per heavy atom. The lowest BCUT2D eigenvalue weighted by atomic mass is 9.94. The van der Waals surface area contributed by atoms with Crippen LogP contribution in [0.2, 0.25) is 0 Å². The van der Waals surface area contributed by atoms with Gasteiger partial charge in [-0.1, -0.05) is 6.92 Å². The molecule has 0 aliphatic carbocycles. The van der Waals surface area contributed by atoms with Crippen LogP contribution in [0.25, 0.3) is 10.9 Å². The van der Waals surface area contributed by atoms with E-state index in [9.17, 15) is 14.3 Å². The highest BCUT2D eigenvalue weighted by Gasteiger charge is 2.29. The number of pyridine rings is 1. The molecule has 0 saturated carbocycles. The molecule has 1 saturated heterocycles. The summed E-state index contributed by atoms with van der Waals surface area (Å²) in [4.78, 5) is 18.5. The van der Waals surface area contributed by atoms with Crippen LogP contribution >= 0.6 is 0 Å². The Labute approximate surface area is 140 Å². The Morgan fingerprint density at radius 2 is 2.29 bits per heavy atom. The number of nitrogens with zero attached hydrogens (tertiary/aromatic N) is 2. The van der Waals surface area contributed by atoms with Crippen molar-refractivity contribution in [2.75, 3.05) is 24.6 Å². The number of ether oxygens (including phenoxy) is 1. The summed E-state index contributed by atoms with van der Waals surface area (Å²) in [6.07, 6.45) is 1.77. The van der Waals surface area contributed by atoms with Crippen LogP contribution in [-0.2, 0) is 4.74 Å². The number of rotatable bonds is 3. The second kappa shape index (κ2) is 6.73. The molecule has 1 fully saturated rings. The topological polar surface area (TPSA) is 62.7 Å². The van der Waals surface area contributed by atoms with E-state index >= 15 is 0 Å². The average molecular weight is 332 g/mol. The van der Waals surface area contributed by atoms with E-state index in [1.165, 1.54) is 18.3 Å². The van der Waals surface area contributed by atoms with Gasteiger partial charge in [-0.3, -0.25) is 4.98 Å². The Morgan fingerprint density at radius 1 is 1.50 bits per heavy atom. The normalized spacial score (nSPS) is 21.1. The second-order valence-corrected chi connectivity index (χ2v) is 6.18. The largest absolute Gasteiger partial charge is 0.462 e. The van der Waals surface area contributed by atoms with Gasteiger partial charge in [0.15, 0.2) is 0 Å². The molecule has 1 aliphatic heterocycles. The number of esters is 1.